The zero-order valence-corrected chi connectivity index (χ0v) is 14.0. The summed E-state index contributed by atoms with van der Waals surface area (Å²) in [5.74, 6) is 1.57. The predicted octanol–water partition coefficient (Wildman–Crippen LogP) is 2.30. The Labute approximate surface area is 148 Å². The van der Waals surface area contributed by atoms with Crippen LogP contribution in [0.25, 0.3) is 0 Å². The summed E-state index contributed by atoms with van der Waals surface area (Å²) < 4.78 is 29.0. The predicted molar refractivity (Wildman–Crippen MR) is 86.5 cm³/mol. The highest BCUT2D eigenvalue weighted by molar-refractivity contribution is 6.32. The van der Waals surface area contributed by atoms with Gasteiger partial charge in [-0.2, -0.15) is 0 Å². The first-order valence-corrected chi connectivity index (χ1v) is 7.42. The zero-order valence-electron chi connectivity index (χ0n) is 13.3. The molecule has 1 saturated heterocycles. The lowest BCUT2D eigenvalue weighted by Crippen LogP contribution is -2.56. The molecule has 0 spiro atoms. The molecule has 1 N–H and O–H groups in total. The molecule has 2 rings (SSSR count). The van der Waals surface area contributed by atoms with Crippen molar-refractivity contribution in [1.29, 1.82) is 0 Å². The third-order valence-electron chi connectivity index (χ3n) is 3.15. The van der Waals surface area contributed by atoms with Gasteiger partial charge in [0.2, 0.25) is 0 Å². The Kier molecular flexibility index (Phi) is 6.27. The molecule has 134 valence electrons. The summed E-state index contributed by atoms with van der Waals surface area (Å²) >= 11 is 5.86. The number of urea groups is 1. The maximum atomic E-state index is 14.1. The monoisotopic (exact) mass is 371 g/mol. The number of ether oxygens (including phenoxy) is 3. The Morgan fingerprint density at radius 2 is 2.24 bits per heavy atom. The number of amides is 3. The first kappa shape index (κ1) is 18.6. The Morgan fingerprint density at radius 3 is 2.92 bits per heavy atom. The van der Waals surface area contributed by atoms with Crippen molar-refractivity contribution in [1.82, 2.24) is 10.0 Å². The second-order valence-electron chi connectivity index (χ2n) is 4.72. The number of carbonyl (C=O) groups is 2. The molecule has 1 aromatic rings. The van der Waals surface area contributed by atoms with Crippen LogP contribution in [0.1, 0.15) is 0 Å². The fourth-order valence-corrected chi connectivity index (χ4v) is 2.20. The van der Waals surface area contributed by atoms with Gasteiger partial charge >= 0.3 is 12.1 Å². The summed E-state index contributed by atoms with van der Waals surface area (Å²) in [5.41, 5.74) is -0.197. The average Bonchev–Trinajstić information content (AvgIpc) is 2.62. The molecular formula is C15H15ClFN3O5. The lowest BCUT2D eigenvalue weighted by Gasteiger charge is -2.36. The molecule has 25 heavy (non-hydrogen) atoms. The van der Waals surface area contributed by atoms with Crippen LogP contribution in [0.4, 0.5) is 19.7 Å². The zero-order chi connectivity index (χ0) is 18.4. The van der Waals surface area contributed by atoms with Crippen LogP contribution in [0, 0.1) is 18.2 Å². The molecule has 0 aliphatic carbocycles. The molecule has 1 fully saturated rings. The average molecular weight is 372 g/mol. The fourth-order valence-electron chi connectivity index (χ4n) is 1.99. The lowest BCUT2D eigenvalue weighted by atomic mass is 10.3. The first-order chi connectivity index (χ1) is 12.0. The first-order valence-electron chi connectivity index (χ1n) is 7.05. The molecule has 10 heteroatoms. The van der Waals surface area contributed by atoms with Crippen LogP contribution < -0.4 is 10.1 Å². The van der Waals surface area contributed by atoms with E-state index in [-0.39, 0.29) is 42.9 Å². The number of methoxy groups -OCH3 is 1. The van der Waals surface area contributed by atoms with E-state index in [1.165, 1.54) is 13.2 Å². The SMILES string of the molecule is C#CCOc1cc(NC(=O)N2COCCN2C(=O)OC)c(F)cc1Cl. The summed E-state index contributed by atoms with van der Waals surface area (Å²) in [5, 5.41) is 4.32. The second kappa shape index (κ2) is 8.41. The molecule has 1 aliphatic heterocycles. The van der Waals surface area contributed by atoms with Crippen LogP contribution in [-0.2, 0) is 9.47 Å². The van der Waals surface area contributed by atoms with E-state index in [0.717, 1.165) is 16.1 Å². The quantitative estimate of drug-likeness (QED) is 0.825. The number of hydrogen-bond donors (Lipinski definition) is 1. The molecule has 0 bridgehead atoms. The normalized spacial score (nSPS) is 13.8. The van der Waals surface area contributed by atoms with E-state index in [1.54, 1.807) is 0 Å². The van der Waals surface area contributed by atoms with E-state index in [1.807, 2.05) is 0 Å². The Balaban J connectivity index is 2.18. The maximum Gasteiger partial charge on any atom is 0.428 e. The lowest BCUT2D eigenvalue weighted by molar-refractivity contribution is -0.107. The molecule has 0 saturated carbocycles. The van der Waals surface area contributed by atoms with Crippen molar-refractivity contribution >= 4 is 29.4 Å². The van der Waals surface area contributed by atoms with Crippen LogP contribution >= 0.6 is 11.6 Å². The van der Waals surface area contributed by atoms with Gasteiger partial charge in [-0.05, 0) is 6.07 Å². The highest BCUT2D eigenvalue weighted by Crippen LogP contribution is 2.30. The molecule has 8 nitrogen and oxygen atoms in total. The number of hydrogen-bond acceptors (Lipinski definition) is 5. The molecule has 0 aromatic heterocycles. The van der Waals surface area contributed by atoms with Crippen molar-refractivity contribution in [2.24, 2.45) is 0 Å². The third kappa shape index (κ3) is 4.43. The van der Waals surface area contributed by atoms with E-state index in [2.05, 4.69) is 16.0 Å². The van der Waals surface area contributed by atoms with Crippen LogP contribution in [-0.4, -0.2) is 55.7 Å². The van der Waals surface area contributed by atoms with Gasteiger partial charge in [-0.3, -0.25) is 0 Å². The van der Waals surface area contributed by atoms with Crippen molar-refractivity contribution in [3.05, 3.63) is 23.0 Å². The van der Waals surface area contributed by atoms with Crippen molar-refractivity contribution in [2.75, 3.05) is 38.9 Å². The molecular weight excluding hydrogens is 357 g/mol. The summed E-state index contributed by atoms with van der Waals surface area (Å²) in [4.78, 5) is 24.1. The number of hydrazine groups is 1. The largest absolute Gasteiger partial charge is 0.479 e. The Bertz CT molecular complexity index is 709. The summed E-state index contributed by atoms with van der Waals surface area (Å²) in [6.45, 7) is 0.0728. The minimum absolute atomic E-state index is 0.00300. The van der Waals surface area contributed by atoms with Crippen LogP contribution in [0.3, 0.4) is 0 Å². The number of halogens is 2. The Morgan fingerprint density at radius 1 is 1.48 bits per heavy atom. The van der Waals surface area contributed by atoms with E-state index in [9.17, 15) is 14.0 Å². The van der Waals surface area contributed by atoms with Gasteiger partial charge in [0.25, 0.3) is 0 Å². The molecule has 1 heterocycles. The van der Waals surface area contributed by atoms with Gasteiger partial charge in [0.15, 0.2) is 0 Å². The Hall–Kier alpha value is -2.70. The van der Waals surface area contributed by atoms with Crippen molar-refractivity contribution < 1.29 is 28.2 Å². The highest BCUT2D eigenvalue weighted by Gasteiger charge is 2.30. The number of carbonyl (C=O) groups excluding carboxylic acids is 2. The molecule has 0 unspecified atom stereocenters. The second-order valence-corrected chi connectivity index (χ2v) is 5.12. The standard InChI is InChI=1S/C15H15ClFN3O5/c1-3-5-25-13-8-12(11(17)7-10(13)16)18-14(21)20-9-24-6-4-19(20)15(22)23-2/h1,7-8H,4-6,9H2,2H3,(H,18,21). The van der Waals surface area contributed by atoms with Gasteiger partial charge in [-0.25, -0.2) is 24.0 Å². The topological polar surface area (TPSA) is 80.3 Å². The van der Waals surface area contributed by atoms with Gasteiger partial charge in [-0.15, -0.1) is 6.42 Å². The van der Waals surface area contributed by atoms with E-state index in [4.69, 9.17) is 27.5 Å². The van der Waals surface area contributed by atoms with Crippen LogP contribution in [0.5, 0.6) is 5.75 Å². The van der Waals surface area contributed by atoms with Gasteiger partial charge in [-0.1, -0.05) is 17.5 Å². The number of nitrogens with one attached hydrogen (secondary N) is 1. The number of benzene rings is 1. The summed E-state index contributed by atoms with van der Waals surface area (Å²) in [7, 11) is 1.18. The van der Waals surface area contributed by atoms with Gasteiger partial charge in [0.1, 0.15) is 24.9 Å². The van der Waals surface area contributed by atoms with Gasteiger partial charge < -0.3 is 19.5 Å². The highest BCUT2D eigenvalue weighted by atomic mass is 35.5. The summed E-state index contributed by atoms with van der Waals surface area (Å²) in [6, 6.07) is 1.38. The van der Waals surface area contributed by atoms with Gasteiger partial charge in [0, 0.05) is 6.07 Å². The van der Waals surface area contributed by atoms with Crippen molar-refractivity contribution in [3.8, 4) is 18.1 Å². The number of anilines is 1. The molecule has 0 radical (unpaired) electrons. The number of rotatable bonds is 3. The van der Waals surface area contributed by atoms with Crippen molar-refractivity contribution in [3.63, 3.8) is 0 Å². The molecule has 3 amide bonds. The van der Waals surface area contributed by atoms with Crippen molar-refractivity contribution in [2.45, 2.75) is 0 Å². The van der Waals surface area contributed by atoms with E-state index in [0.29, 0.717) is 0 Å². The smallest absolute Gasteiger partial charge is 0.428 e. The maximum absolute atomic E-state index is 14.1. The van der Waals surface area contributed by atoms with Crippen LogP contribution in [0.2, 0.25) is 5.02 Å². The van der Waals surface area contributed by atoms with Gasteiger partial charge in [0.05, 0.1) is 31.0 Å². The number of nitrogens with zero attached hydrogens (tertiary/aromatic N) is 2. The molecule has 1 aliphatic rings. The molecule has 0 atom stereocenters. The van der Waals surface area contributed by atoms with E-state index < -0.39 is 17.9 Å². The number of terminal acetylenes is 1. The minimum Gasteiger partial charge on any atom is -0.479 e. The van der Waals surface area contributed by atoms with E-state index >= 15 is 0 Å². The van der Waals surface area contributed by atoms with Crippen LogP contribution in [0.15, 0.2) is 12.1 Å². The fraction of sp³-hybridized carbons (Fsp3) is 0.333. The minimum atomic E-state index is -0.797. The molecule has 1 aromatic carbocycles. The third-order valence-corrected chi connectivity index (χ3v) is 3.44. The summed E-state index contributed by atoms with van der Waals surface area (Å²) in [6.07, 6.45) is 4.36.